The molecule has 0 spiro atoms. The van der Waals surface area contributed by atoms with E-state index in [4.69, 9.17) is 9.47 Å². The average Bonchev–Trinajstić information content (AvgIpc) is 2.78. The van der Waals surface area contributed by atoms with Gasteiger partial charge >= 0.3 is 5.97 Å². The van der Waals surface area contributed by atoms with Crippen LogP contribution in [0, 0.1) is 0 Å². The molecule has 0 bridgehead atoms. The van der Waals surface area contributed by atoms with Crippen LogP contribution in [0.5, 0.6) is 0 Å². The molecule has 6 nitrogen and oxygen atoms in total. The molecule has 1 rings (SSSR count). The fourth-order valence-corrected chi connectivity index (χ4v) is 4.35. The number of unbranched alkanes of at least 4 members (excludes halogenated alkanes) is 8. The molecule has 4 atom stereocenters. The van der Waals surface area contributed by atoms with Crippen LogP contribution in [-0.4, -0.2) is 57.9 Å². The highest BCUT2D eigenvalue weighted by atomic mass is 16.6. The minimum atomic E-state index is -1.09. The van der Waals surface area contributed by atoms with Crippen molar-refractivity contribution in [1.82, 2.24) is 0 Å². The first-order valence-corrected chi connectivity index (χ1v) is 13.4. The highest BCUT2D eigenvalue weighted by molar-refractivity contribution is 5.69. The Morgan fingerprint density at radius 1 is 0.971 bits per heavy atom. The molecule has 3 N–H and O–H groups in total. The van der Waals surface area contributed by atoms with Gasteiger partial charge in [0.05, 0.1) is 18.8 Å². The van der Waals surface area contributed by atoms with Gasteiger partial charge in [0.15, 0.2) is 0 Å². The lowest BCUT2D eigenvalue weighted by molar-refractivity contribution is -0.195. The molecular formula is C28H50O6. The predicted octanol–water partition coefficient (Wildman–Crippen LogP) is 5.38. The van der Waals surface area contributed by atoms with Crippen LogP contribution >= 0.6 is 0 Å². The van der Waals surface area contributed by atoms with Crippen LogP contribution < -0.4 is 0 Å². The third kappa shape index (κ3) is 14.2. The lowest BCUT2D eigenvalue weighted by atomic mass is 9.91. The molecule has 34 heavy (non-hydrogen) atoms. The fraction of sp³-hybridized carbons (Fsp3) is 0.821. The number of rotatable bonds is 18. The van der Waals surface area contributed by atoms with Crippen molar-refractivity contribution in [2.45, 2.75) is 141 Å². The Bertz CT molecular complexity index is 585. The van der Waals surface area contributed by atoms with Gasteiger partial charge in [0, 0.05) is 19.3 Å². The molecule has 1 unspecified atom stereocenters. The van der Waals surface area contributed by atoms with Crippen molar-refractivity contribution in [3.63, 3.8) is 0 Å². The maximum atomic E-state index is 12.3. The molecule has 198 valence electrons. The Labute approximate surface area is 207 Å². The van der Waals surface area contributed by atoms with Crippen molar-refractivity contribution in [2.75, 3.05) is 6.61 Å². The predicted molar refractivity (Wildman–Crippen MR) is 137 cm³/mol. The molecule has 0 aliphatic carbocycles. The van der Waals surface area contributed by atoms with Crippen LogP contribution in [0.1, 0.15) is 111 Å². The average molecular weight is 483 g/mol. The van der Waals surface area contributed by atoms with Crippen molar-refractivity contribution >= 4 is 5.97 Å². The normalized spacial score (nSPS) is 23.7. The maximum Gasteiger partial charge on any atom is 0.306 e. The SMILES string of the molecule is CCCCC/C=C\C/C=C\CCCCCCCC(=O)OC(C)(C)C[C@H]1CC(O)[C@@H](O)[C@@H](CO)O1. The molecule has 1 aliphatic heterocycles. The second-order valence-electron chi connectivity index (χ2n) is 10.2. The number of allylic oxidation sites excluding steroid dienone is 4. The zero-order valence-electron chi connectivity index (χ0n) is 21.8. The van der Waals surface area contributed by atoms with Gasteiger partial charge in [-0.25, -0.2) is 0 Å². The number of hydrogen-bond acceptors (Lipinski definition) is 6. The van der Waals surface area contributed by atoms with Gasteiger partial charge in [-0.3, -0.25) is 4.79 Å². The molecule has 6 heteroatoms. The van der Waals surface area contributed by atoms with Gasteiger partial charge in [-0.15, -0.1) is 0 Å². The Kier molecular flexibility index (Phi) is 16.4. The summed E-state index contributed by atoms with van der Waals surface area (Å²) < 4.78 is 11.3. The summed E-state index contributed by atoms with van der Waals surface area (Å²) in [6, 6.07) is 0. The van der Waals surface area contributed by atoms with Crippen LogP contribution in [-0.2, 0) is 14.3 Å². The molecular weight excluding hydrogens is 432 g/mol. The lowest BCUT2D eigenvalue weighted by Crippen LogP contribution is -2.51. The van der Waals surface area contributed by atoms with Crippen LogP contribution in [0.25, 0.3) is 0 Å². The molecule has 1 aliphatic rings. The molecule has 0 aromatic rings. The Balaban J connectivity index is 2.08. The van der Waals surface area contributed by atoms with E-state index in [1.54, 1.807) is 0 Å². The summed E-state index contributed by atoms with van der Waals surface area (Å²) in [5, 5.41) is 29.1. The third-order valence-corrected chi connectivity index (χ3v) is 6.27. The molecule has 0 aromatic heterocycles. The van der Waals surface area contributed by atoms with E-state index in [1.165, 1.54) is 38.5 Å². The Morgan fingerprint density at radius 3 is 2.24 bits per heavy atom. The van der Waals surface area contributed by atoms with Crippen molar-refractivity contribution in [3.8, 4) is 0 Å². The number of aliphatic hydroxyl groups is 3. The van der Waals surface area contributed by atoms with Gasteiger partial charge in [-0.05, 0) is 52.4 Å². The quantitative estimate of drug-likeness (QED) is 0.138. The molecule has 0 amide bonds. The van der Waals surface area contributed by atoms with E-state index in [-0.39, 0.29) is 25.1 Å². The van der Waals surface area contributed by atoms with Crippen LogP contribution in [0.15, 0.2) is 24.3 Å². The van der Waals surface area contributed by atoms with E-state index in [1.807, 2.05) is 13.8 Å². The van der Waals surface area contributed by atoms with Crippen LogP contribution in [0.2, 0.25) is 0 Å². The summed E-state index contributed by atoms with van der Waals surface area (Å²) in [6.45, 7) is 5.53. The zero-order valence-corrected chi connectivity index (χ0v) is 21.8. The van der Waals surface area contributed by atoms with Crippen molar-refractivity contribution in [3.05, 3.63) is 24.3 Å². The van der Waals surface area contributed by atoms with E-state index < -0.39 is 23.9 Å². The van der Waals surface area contributed by atoms with Crippen molar-refractivity contribution in [2.24, 2.45) is 0 Å². The van der Waals surface area contributed by atoms with Crippen LogP contribution in [0.3, 0.4) is 0 Å². The summed E-state index contributed by atoms with van der Waals surface area (Å²) >= 11 is 0. The zero-order chi connectivity index (χ0) is 25.2. The third-order valence-electron chi connectivity index (χ3n) is 6.27. The molecule has 0 saturated carbocycles. The summed E-state index contributed by atoms with van der Waals surface area (Å²) in [6.07, 6.45) is 19.5. The first kappa shape index (κ1) is 30.8. The van der Waals surface area contributed by atoms with Gasteiger partial charge in [-0.2, -0.15) is 0 Å². The topological polar surface area (TPSA) is 96.2 Å². The van der Waals surface area contributed by atoms with Gasteiger partial charge < -0.3 is 24.8 Å². The standard InChI is InChI=1S/C28H50O6/c1-4-5-6-7-8-9-10-11-12-13-14-15-16-17-18-19-26(31)34-28(2,3)21-23-20-24(30)27(32)25(22-29)33-23/h8-9,11-12,23-25,27,29-30,32H,4-7,10,13-22H2,1-3H3/b9-8-,12-11-/t23-,24?,25-,27-/m1/s1. The number of ether oxygens (including phenoxy) is 2. The van der Waals surface area contributed by atoms with Crippen molar-refractivity contribution < 1.29 is 29.6 Å². The van der Waals surface area contributed by atoms with Crippen LogP contribution in [0.4, 0.5) is 0 Å². The fourth-order valence-electron chi connectivity index (χ4n) is 4.35. The largest absolute Gasteiger partial charge is 0.460 e. The second-order valence-corrected chi connectivity index (χ2v) is 10.2. The molecule has 1 heterocycles. The first-order valence-electron chi connectivity index (χ1n) is 13.4. The Morgan fingerprint density at radius 2 is 1.59 bits per heavy atom. The summed E-state index contributed by atoms with van der Waals surface area (Å²) in [5.41, 5.74) is -0.735. The van der Waals surface area contributed by atoms with E-state index in [9.17, 15) is 20.1 Å². The number of esters is 1. The lowest BCUT2D eigenvalue weighted by Gasteiger charge is -2.39. The van der Waals surface area contributed by atoms with E-state index in [0.29, 0.717) is 12.8 Å². The number of carbonyl (C=O) groups excluding carboxylic acids is 1. The van der Waals surface area contributed by atoms with E-state index >= 15 is 0 Å². The number of hydrogen-bond donors (Lipinski definition) is 3. The summed E-state index contributed by atoms with van der Waals surface area (Å²) in [5.74, 6) is -0.217. The minimum absolute atomic E-state index is 0.217. The monoisotopic (exact) mass is 482 g/mol. The molecule has 0 aromatic carbocycles. The number of aliphatic hydroxyl groups excluding tert-OH is 3. The maximum absolute atomic E-state index is 12.3. The Hall–Kier alpha value is -1.21. The van der Waals surface area contributed by atoms with Gasteiger partial charge in [0.2, 0.25) is 0 Å². The molecule has 1 saturated heterocycles. The summed E-state index contributed by atoms with van der Waals surface area (Å²) in [4.78, 5) is 12.3. The molecule has 1 fully saturated rings. The van der Waals surface area contributed by atoms with E-state index in [2.05, 4.69) is 31.2 Å². The molecule has 0 radical (unpaired) electrons. The summed E-state index contributed by atoms with van der Waals surface area (Å²) in [7, 11) is 0. The first-order chi connectivity index (χ1) is 16.3. The number of carbonyl (C=O) groups is 1. The smallest absolute Gasteiger partial charge is 0.306 e. The van der Waals surface area contributed by atoms with Gasteiger partial charge in [0.1, 0.15) is 17.8 Å². The van der Waals surface area contributed by atoms with Crippen molar-refractivity contribution in [1.29, 1.82) is 0 Å². The van der Waals surface area contributed by atoms with Gasteiger partial charge in [-0.1, -0.05) is 63.3 Å². The highest BCUT2D eigenvalue weighted by Gasteiger charge is 2.39. The highest BCUT2D eigenvalue weighted by Crippen LogP contribution is 2.28. The second kappa shape index (κ2) is 18.1. The van der Waals surface area contributed by atoms with E-state index in [0.717, 1.165) is 32.1 Å². The minimum Gasteiger partial charge on any atom is -0.460 e. The van der Waals surface area contributed by atoms with Gasteiger partial charge in [0.25, 0.3) is 0 Å².